The zero-order valence-corrected chi connectivity index (χ0v) is 12.4. The van der Waals surface area contributed by atoms with Crippen molar-refractivity contribution in [1.82, 2.24) is 9.97 Å². The smallest absolute Gasteiger partial charge is 0.228 e. The molecule has 0 aliphatic carbocycles. The lowest BCUT2D eigenvalue weighted by atomic mass is 10.2. The fraction of sp³-hybridized carbons (Fsp3) is 0.375. The van der Waals surface area contributed by atoms with Gasteiger partial charge in [-0.15, -0.1) is 0 Å². The quantitative estimate of drug-likeness (QED) is 0.869. The average molecular weight is 305 g/mol. The van der Waals surface area contributed by atoms with Gasteiger partial charge in [0.2, 0.25) is 11.8 Å². The fourth-order valence-corrected chi connectivity index (χ4v) is 2.44. The Morgan fingerprint density at radius 1 is 1.09 bits per heavy atom. The maximum absolute atomic E-state index is 13.2. The van der Waals surface area contributed by atoms with E-state index in [1.807, 2.05) is 6.92 Å². The van der Waals surface area contributed by atoms with Crippen LogP contribution in [0.2, 0.25) is 0 Å². The highest BCUT2D eigenvalue weighted by Crippen LogP contribution is 2.20. The van der Waals surface area contributed by atoms with Crippen LogP contribution in [-0.2, 0) is 6.61 Å². The van der Waals surface area contributed by atoms with Crippen LogP contribution in [0.15, 0.2) is 24.3 Å². The Bertz CT molecular complexity index is 672. The minimum atomic E-state index is -0.877. The molecular formula is C16H17F2N3O. The molecule has 3 rings (SSSR count). The minimum Gasteiger partial charge on any atom is -0.473 e. The van der Waals surface area contributed by atoms with Crippen LogP contribution >= 0.6 is 0 Å². The van der Waals surface area contributed by atoms with Gasteiger partial charge in [-0.3, -0.25) is 0 Å². The van der Waals surface area contributed by atoms with Crippen molar-refractivity contribution in [3.8, 4) is 5.88 Å². The van der Waals surface area contributed by atoms with Gasteiger partial charge in [-0.1, -0.05) is 6.07 Å². The summed E-state index contributed by atoms with van der Waals surface area (Å²) in [5.74, 6) is -0.632. The summed E-state index contributed by atoms with van der Waals surface area (Å²) >= 11 is 0. The third kappa shape index (κ3) is 3.32. The Labute approximate surface area is 127 Å². The first kappa shape index (κ1) is 14.7. The van der Waals surface area contributed by atoms with Crippen molar-refractivity contribution in [2.24, 2.45) is 0 Å². The summed E-state index contributed by atoms with van der Waals surface area (Å²) in [5.41, 5.74) is 1.37. The summed E-state index contributed by atoms with van der Waals surface area (Å²) in [7, 11) is 0. The maximum atomic E-state index is 13.2. The number of rotatable bonds is 4. The molecule has 0 saturated carbocycles. The number of anilines is 1. The van der Waals surface area contributed by atoms with E-state index in [9.17, 15) is 8.78 Å². The Kier molecular flexibility index (Phi) is 4.18. The Hall–Kier alpha value is -2.24. The van der Waals surface area contributed by atoms with Crippen LogP contribution in [-0.4, -0.2) is 23.1 Å². The first-order valence-electron chi connectivity index (χ1n) is 7.29. The van der Waals surface area contributed by atoms with Gasteiger partial charge in [-0.05, 0) is 37.5 Å². The first-order valence-corrected chi connectivity index (χ1v) is 7.29. The van der Waals surface area contributed by atoms with Gasteiger partial charge in [-0.2, -0.15) is 4.98 Å². The number of nitrogens with zero attached hydrogens (tertiary/aromatic N) is 3. The summed E-state index contributed by atoms with van der Waals surface area (Å²) < 4.78 is 31.7. The standard InChI is InChI=1S/C16H17F2N3O/c1-11-8-15(20-16(19-11)21-6-2-3-7-21)22-10-12-4-5-13(17)14(18)9-12/h4-5,8-9H,2-3,6-7,10H2,1H3. The van der Waals surface area contributed by atoms with Gasteiger partial charge in [0.05, 0.1) is 0 Å². The average Bonchev–Trinajstić information content (AvgIpc) is 3.02. The van der Waals surface area contributed by atoms with E-state index in [1.165, 1.54) is 6.07 Å². The van der Waals surface area contributed by atoms with E-state index in [1.54, 1.807) is 6.07 Å². The van der Waals surface area contributed by atoms with E-state index >= 15 is 0 Å². The molecule has 2 heterocycles. The lowest BCUT2D eigenvalue weighted by Gasteiger charge is -2.16. The molecule has 1 aliphatic heterocycles. The lowest BCUT2D eigenvalue weighted by Crippen LogP contribution is -2.21. The van der Waals surface area contributed by atoms with Gasteiger partial charge in [-0.25, -0.2) is 13.8 Å². The summed E-state index contributed by atoms with van der Waals surface area (Å²) in [6, 6.07) is 5.45. The molecule has 22 heavy (non-hydrogen) atoms. The zero-order chi connectivity index (χ0) is 15.5. The molecule has 0 unspecified atom stereocenters. The topological polar surface area (TPSA) is 38.2 Å². The second kappa shape index (κ2) is 6.25. The van der Waals surface area contributed by atoms with Crippen molar-refractivity contribution >= 4 is 5.95 Å². The molecule has 0 spiro atoms. The van der Waals surface area contributed by atoms with Gasteiger partial charge >= 0.3 is 0 Å². The minimum absolute atomic E-state index is 0.132. The molecule has 4 nitrogen and oxygen atoms in total. The highest BCUT2D eigenvalue weighted by molar-refractivity contribution is 5.35. The van der Waals surface area contributed by atoms with Gasteiger partial charge < -0.3 is 9.64 Å². The van der Waals surface area contributed by atoms with Gasteiger partial charge in [0.25, 0.3) is 0 Å². The predicted octanol–water partition coefficient (Wildman–Crippen LogP) is 3.24. The number of aromatic nitrogens is 2. The summed E-state index contributed by atoms with van der Waals surface area (Å²) in [6.07, 6.45) is 2.28. The molecule has 0 N–H and O–H groups in total. The predicted molar refractivity (Wildman–Crippen MR) is 78.9 cm³/mol. The summed E-state index contributed by atoms with van der Waals surface area (Å²) in [4.78, 5) is 10.9. The SMILES string of the molecule is Cc1cc(OCc2ccc(F)c(F)c2)nc(N2CCCC2)n1. The first-order chi connectivity index (χ1) is 10.6. The Balaban J connectivity index is 1.72. The van der Waals surface area contributed by atoms with E-state index < -0.39 is 11.6 Å². The van der Waals surface area contributed by atoms with Crippen LogP contribution < -0.4 is 9.64 Å². The monoisotopic (exact) mass is 305 g/mol. The summed E-state index contributed by atoms with van der Waals surface area (Å²) in [6.45, 7) is 3.91. The molecule has 1 aromatic heterocycles. The molecule has 116 valence electrons. The van der Waals surface area contributed by atoms with Gasteiger partial charge in [0, 0.05) is 24.8 Å². The number of aryl methyl sites for hydroxylation is 1. The van der Waals surface area contributed by atoms with Crippen molar-refractivity contribution in [2.45, 2.75) is 26.4 Å². The molecule has 1 saturated heterocycles. The van der Waals surface area contributed by atoms with E-state index in [0.717, 1.165) is 43.8 Å². The van der Waals surface area contributed by atoms with Crippen LogP contribution in [0.1, 0.15) is 24.1 Å². The lowest BCUT2D eigenvalue weighted by molar-refractivity contribution is 0.292. The second-order valence-corrected chi connectivity index (χ2v) is 5.38. The van der Waals surface area contributed by atoms with E-state index in [2.05, 4.69) is 14.9 Å². The summed E-state index contributed by atoms with van der Waals surface area (Å²) in [5, 5.41) is 0. The second-order valence-electron chi connectivity index (χ2n) is 5.38. The van der Waals surface area contributed by atoms with E-state index in [4.69, 9.17) is 4.74 Å². The highest BCUT2D eigenvalue weighted by atomic mass is 19.2. The van der Waals surface area contributed by atoms with Gasteiger partial charge in [0.15, 0.2) is 11.6 Å². The number of hydrogen-bond acceptors (Lipinski definition) is 4. The number of halogens is 2. The highest BCUT2D eigenvalue weighted by Gasteiger charge is 2.16. The van der Waals surface area contributed by atoms with Crippen molar-refractivity contribution in [3.63, 3.8) is 0 Å². The fourth-order valence-electron chi connectivity index (χ4n) is 2.44. The number of ether oxygens (including phenoxy) is 1. The maximum Gasteiger partial charge on any atom is 0.228 e. The van der Waals surface area contributed by atoms with Crippen LogP contribution in [0.5, 0.6) is 5.88 Å². The largest absolute Gasteiger partial charge is 0.473 e. The van der Waals surface area contributed by atoms with Crippen LogP contribution in [0.25, 0.3) is 0 Å². The third-order valence-electron chi connectivity index (χ3n) is 3.58. The van der Waals surface area contributed by atoms with Crippen molar-refractivity contribution < 1.29 is 13.5 Å². The van der Waals surface area contributed by atoms with Crippen LogP contribution in [0, 0.1) is 18.6 Å². The third-order valence-corrected chi connectivity index (χ3v) is 3.58. The molecule has 1 fully saturated rings. The molecule has 0 amide bonds. The van der Waals surface area contributed by atoms with Crippen LogP contribution in [0.3, 0.4) is 0 Å². The van der Waals surface area contributed by atoms with Crippen molar-refractivity contribution in [3.05, 3.63) is 47.2 Å². The number of hydrogen-bond donors (Lipinski definition) is 0. The van der Waals surface area contributed by atoms with Crippen molar-refractivity contribution in [2.75, 3.05) is 18.0 Å². The van der Waals surface area contributed by atoms with Crippen LogP contribution in [0.4, 0.5) is 14.7 Å². The Morgan fingerprint density at radius 3 is 2.59 bits per heavy atom. The van der Waals surface area contributed by atoms with E-state index in [0.29, 0.717) is 17.4 Å². The van der Waals surface area contributed by atoms with Gasteiger partial charge in [0.1, 0.15) is 6.61 Å². The van der Waals surface area contributed by atoms with Crippen molar-refractivity contribution in [1.29, 1.82) is 0 Å². The molecule has 1 aliphatic rings. The molecule has 1 aromatic carbocycles. The zero-order valence-electron chi connectivity index (χ0n) is 12.4. The Morgan fingerprint density at radius 2 is 1.86 bits per heavy atom. The normalized spacial score (nSPS) is 14.4. The molecule has 0 bridgehead atoms. The molecule has 6 heteroatoms. The van der Waals surface area contributed by atoms with E-state index in [-0.39, 0.29) is 6.61 Å². The molecule has 0 radical (unpaired) electrons. The molecule has 2 aromatic rings. The molecular weight excluding hydrogens is 288 g/mol. The number of benzene rings is 1. The molecule has 0 atom stereocenters.